The lowest BCUT2D eigenvalue weighted by molar-refractivity contribution is -0.137. The number of halogens is 3. The average molecular weight is 293 g/mol. The summed E-state index contributed by atoms with van der Waals surface area (Å²) in [5.41, 5.74) is 6.25. The number of nitrogens with one attached hydrogen (secondary N) is 1. The van der Waals surface area contributed by atoms with E-state index in [-0.39, 0.29) is 0 Å². The fourth-order valence-electron chi connectivity index (χ4n) is 1.96. The molecule has 3 N–H and O–H groups in total. The standard InChI is InChI=1S/C14H10F3N3O/c15-14(16,17)9-1-3-10(4-2-9)21-11-5-8-7-19-20-13(8)12(18)6-11/h1-7H,18H2,(H,19,20). The van der Waals surface area contributed by atoms with Crippen molar-refractivity contribution in [3.05, 3.63) is 48.2 Å². The van der Waals surface area contributed by atoms with Gasteiger partial charge in [0.15, 0.2) is 0 Å². The van der Waals surface area contributed by atoms with Gasteiger partial charge in [-0.1, -0.05) is 0 Å². The Morgan fingerprint density at radius 3 is 2.43 bits per heavy atom. The van der Waals surface area contributed by atoms with Crippen LogP contribution in [0.5, 0.6) is 11.5 Å². The first-order valence-electron chi connectivity index (χ1n) is 6.01. The lowest BCUT2D eigenvalue weighted by Gasteiger charge is -2.09. The summed E-state index contributed by atoms with van der Waals surface area (Å²) in [5.74, 6) is 0.728. The molecule has 0 fully saturated rings. The molecule has 108 valence electrons. The first kappa shape index (κ1) is 13.3. The molecule has 0 spiro atoms. The van der Waals surface area contributed by atoms with E-state index < -0.39 is 11.7 Å². The third-order valence-corrected chi connectivity index (χ3v) is 2.97. The summed E-state index contributed by atoms with van der Waals surface area (Å²) in [6.07, 6.45) is -2.77. The van der Waals surface area contributed by atoms with E-state index in [1.54, 1.807) is 18.3 Å². The van der Waals surface area contributed by atoms with Crippen molar-refractivity contribution < 1.29 is 17.9 Å². The lowest BCUT2D eigenvalue weighted by atomic mass is 10.2. The van der Waals surface area contributed by atoms with Gasteiger partial charge in [-0.25, -0.2) is 0 Å². The largest absolute Gasteiger partial charge is 0.457 e. The topological polar surface area (TPSA) is 63.9 Å². The maximum atomic E-state index is 12.5. The predicted octanol–water partition coefficient (Wildman–Crippen LogP) is 3.96. The molecule has 0 unspecified atom stereocenters. The number of H-pyrrole nitrogens is 1. The van der Waals surface area contributed by atoms with Crippen LogP contribution in [0, 0.1) is 0 Å². The molecule has 3 rings (SSSR count). The van der Waals surface area contributed by atoms with Crippen LogP contribution in [0.4, 0.5) is 18.9 Å². The molecule has 0 bridgehead atoms. The fourth-order valence-corrected chi connectivity index (χ4v) is 1.96. The van der Waals surface area contributed by atoms with Gasteiger partial charge in [-0.2, -0.15) is 18.3 Å². The van der Waals surface area contributed by atoms with Gasteiger partial charge in [-0.3, -0.25) is 5.10 Å². The summed E-state index contributed by atoms with van der Waals surface area (Å²) in [4.78, 5) is 0. The minimum Gasteiger partial charge on any atom is -0.457 e. The molecule has 1 aromatic heterocycles. The van der Waals surface area contributed by atoms with Crippen molar-refractivity contribution in [2.75, 3.05) is 5.73 Å². The number of nitrogens with zero attached hydrogens (tertiary/aromatic N) is 1. The van der Waals surface area contributed by atoms with Crippen LogP contribution in [0.3, 0.4) is 0 Å². The van der Waals surface area contributed by atoms with Crippen molar-refractivity contribution in [1.82, 2.24) is 10.2 Å². The van der Waals surface area contributed by atoms with E-state index >= 15 is 0 Å². The zero-order valence-electron chi connectivity index (χ0n) is 10.6. The number of benzene rings is 2. The summed E-state index contributed by atoms with van der Waals surface area (Å²) in [7, 11) is 0. The number of aromatic amines is 1. The molecule has 4 nitrogen and oxygen atoms in total. The van der Waals surface area contributed by atoms with Gasteiger partial charge in [0.05, 0.1) is 23.0 Å². The number of nitrogens with two attached hydrogens (primary N) is 1. The van der Waals surface area contributed by atoms with Crippen LogP contribution >= 0.6 is 0 Å². The van der Waals surface area contributed by atoms with Gasteiger partial charge in [-0.05, 0) is 30.3 Å². The van der Waals surface area contributed by atoms with Gasteiger partial charge in [0.2, 0.25) is 0 Å². The Hall–Kier alpha value is -2.70. The molecule has 3 aromatic rings. The first-order valence-corrected chi connectivity index (χ1v) is 6.01. The third-order valence-electron chi connectivity index (χ3n) is 2.97. The van der Waals surface area contributed by atoms with Crippen molar-refractivity contribution >= 4 is 16.6 Å². The van der Waals surface area contributed by atoms with Gasteiger partial charge in [0, 0.05) is 11.5 Å². The SMILES string of the molecule is Nc1cc(Oc2ccc(C(F)(F)F)cc2)cc2cn[nH]c12. The molecule has 7 heteroatoms. The lowest BCUT2D eigenvalue weighted by Crippen LogP contribution is -2.04. The zero-order chi connectivity index (χ0) is 15.0. The van der Waals surface area contributed by atoms with Crippen molar-refractivity contribution in [3.63, 3.8) is 0 Å². The minimum atomic E-state index is -4.36. The molecule has 2 aromatic carbocycles. The van der Waals surface area contributed by atoms with Gasteiger partial charge < -0.3 is 10.5 Å². The van der Waals surface area contributed by atoms with E-state index in [4.69, 9.17) is 10.5 Å². The monoisotopic (exact) mass is 293 g/mol. The van der Waals surface area contributed by atoms with Crippen LogP contribution in [0.15, 0.2) is 42.6 Å². The molecule has 0 aliphatic rings. The zero-order valence-corrected chi connectivity index (χ0v) is 10.6. The first-order chi connectivity index (χ1) is 9.93. The second-order valence-corrected chi connectivity index (χ2v) is 4.47. The Morgan fingerprint density at radius 1 is 1.05 bits per heavy atom. The van der Waals surface area contributed by atoms with Crippen LogP contribution in [0.2, 0.25) is 0 Å². The molecule has 0 aliphatic heterocycles. The number of ether oxygens (including phenoxy) is 1. The number of hydrogen-bond acceptors (Lipinski definition) is 3. The number of hydrogen-bond donors (Lipinski definition) is 2. The number of rotatable bonds is 2. The highest BCUT2D eigenvalue weighted by molar-refractivity contribution is 5.90. The van der Waals surface area contributed by atoms with Crippen LogP contribution < -0.4 is 10.5 Å². The second-order valence-electron chi connectivity index (χ2n) is 4.47. The van der Waals surface area contributed by atoms with E-state index in [0.717, 1.165) is 17.5 Å². The van der Waals surface area contributed by atoms with Gasteiger partial charge in [-0.15, -0.1) is 0 Å². The number of alkyl halides is 3. The smallest absolute Gasteiger partial charge is 0.416 e. The Kier molecular flexibility index (Phi) is 2.97. The summed E-state index contributed by atoms with van der Waals surface area (Å²) in [6.45, 7) is 0. The Balaban J connectivity index is 1.88. The van der Waals surface area contributed by atoms with Crippen LogP contribution in [-0.4, -0.2) is 10.2 Å². The van der Waals surface area contributed by atoms with Crippen molar-refractivity contribution in [1.29, 1.82) is 0 Å². The van der Waals surface area contributed by atoms with Gasteiger partial charge in [0.25, 0.3) is 0 Å². The summed E-state index contributed by atoms with van der Waals surface area (Å²) >= 11 is 0. The van der Waals surface area contributed by atoms with E-state index in [0.29, 0.717) is 22.7 Å². The maximum absolute atomic E-state index is 12.5. The van der Waals surface area contributed by atoms with Crippen LogP contribution in [0.1, 0.15) is 5.56 Å². The van der Waals surface area contributed by atoms with Crippen molar-refractivity contribution in [3.8, 4) is 11.5 Å². The second kappa shape index (κ2) is 4.69. The Bertz CT molecular complexity index is 778. The normalized spacial score (nSPS) is 11.8. The summed E-state index contributed by atoms with van der Waals surface area (Å²) < 4.78 is 42.9. The molecule has 21 heavy (non-hydrogen) atoms. The van der Waals surface area contributed by atoms with Gasteiger partial charge in [0.1, 0.15) is 11.5 Å². The molecule has 1 heterocycles. The van der Waals surface area contributed by atoms with E-state index in [1.807, 2.05) is 0 Å². The quantitative estimate of drug-likeness (QED) is 0.703. The van der Waals surface area contributed by atoms with E-state index in [2.05, 4.69) is 10.2 Å². The highest BCUT2D eigenvalue weighted by Gasteiger charge is 2.30. The molecule has 0 saturated carbocycles. The van der Waals surface area contributed by atoms with Crippen LogP contribution in [0.25, 0.3) is 10.9 Å². The van der Waals surface area contributed by atoms with E-state index in [1.165, 1.54) is 12.1 Å². The molecule has 0 atom stereocenters. The van der Waals surface area contributed by atoms with Gasteiger partial charge >= 0.3 is 6.18 Å². The molecular formula is C14H10F3N3O. The fraction of sp³-hybridized carbons (Fsp3) is 0.0714. The maximum Gasteiger partial charge on any atom is 0.416 e. The molecule has 0 saturated heterocycles. The highest BCUT2D eigenvalue weighted by Crippen LogP contribution is 2.32. The average Bonchev–Trinajstić information content (AvgIpc) is 2.87. The molecule has 0 amide bonds. The van der Waals surface area contributed by atoms with Crippen LogP contribution in [-0.2, 0) is 6.18 Å². The molecule has 0 radical (unpaired) electrons. The number of anilines is 1. The Labute approximate surface area is 117 Å². The van der Waals surface area contributed by atoms with E-state index in [9.17, 15) is 13.2 Å². The van der Waals surface area contributed by atoms with Crippen molar-refractivity contribution in [2.24, 2.45) is 0 Å². The van der Waals surface area contributed by atoms with Crippen molar-refractivity contribution in [2.45, 2.75) is 6.18 Å². The molecule has 0 aliphatic carbocycles. The number of fused-ring (bicyclic) bond motifs is 1. The number of nitrogen functional groups attached to an aromatic ring is 1. The number of aromatic nitrogens is 2. The molecular weight excluding hydrogens is 283 g/mol. The predicted molar refractivity (Wildman–Crippen MR) is 72.0 cm³/mol. The highest BCUT2D eigenvalue weighted by atomic mass is 19.4. The minimum absolute atomic E-state index is 0.297. The Morgan fingerprint density at radius 2 is 1.76 bits per heavy atom. The summed E-state index contributed by atoms with van der Waals surface area (Å²) in [6, 6.07) is 7.74. The third kappa shape index (κ3) is 2.62. The summed E-state index contributed by atoms with van der Waals surface area (Å²) in [5, 5.41) is 7.37.